The number of ether oxygens (including phenoxy) is 1. The van der Waals surface area contributed by atoms with Crippen LogP contribution in [0.2, 0.25) is 0 Å². The maximum absolute atomic E-state index is 9.06. The van der Waals surface area contributed by atoms with E-state index in [9.17, 15) is 0 Å². The molecule has 0 unspecified atom stereocenters. The molecule has 3 N–H and O–H groups in total. The second-order valence-corrected chi connectivity index (χ2v) is 9.05. The predicted octanol–water partition coefficient (Wildman–Crippen LogP) is 3.91. The Kier molecular flexibility index (Phi) is 6.79. The fourth-order valence-corrected chi connectivity index (χ4v) is 4.65. The zero-order valence-corrected chi connectivity index (χ0v) is 19.8. The summed E-state index contributed by atoms with van der Waals surface area (Å²) >= 11 is 1.55. The number of hydrogen-bond acceptors (Lipinski definition) is 9. The van der Waals surface area contributed by atoms with Crippen LogP contribution in [0.4, 0.5) is 23.1 Å². The first-order valence-electron chi connectivity index (χ1n) is 11.2. The summed E-state index contributed by atoms with van der Waals surface area (Å²) in [6, 6.07) is 20.3. The third-order valence-electron chi connectivity index (χ3n) is 5.59. The van der Waals surface area contributed by atoms with Crippen LogP contribution in [0.15, 0.2) is 77.0 Å². The van der Waals surface area contributed by atoms with Gasteiger partial charge in [0.1, 0.15) is 16.9 Å². The van der Waals surface area contributed by atoms with Gasteiger partial charge in [0.15, 0.2) is 5.69 Å². The monoisotopic (exact) mass is 484 g/mol. The summed E-state index contributed by atoms with van der Waals surface area (Å²) < 4.78 is 7.19. The van der Waals surface area contributed by atoms with Gasteiger partial charge in [0.05, 0.1) is 26.1 Å². The van der Waals surface area contributed by atoms with Gasteiger partial charge in [-0.1, -0.05) is 23.9 Å². The highest BCUT2D eigenvalue weighted by molar-refractivity contribution is 7.99. The Labute approximate surface area is 207 Å². The lowest BCUT2D eigenvalue weighted by Crippen LogP contribution is -2.36. The minimum Gasteiger partial charge on any atom is -0.383 e. The highest BCUT2D eigenvalue weighted by atomic mass is 32.2. The molecule has 0 amide bonds. The molecule has 176 valence electrons. The van der Waals surface area contributed by atoms with E-state index in [0.717, 1.165) is 47.5 Å². The van der Waals surface area contributed by atoms with Crippen molar-refractivity contribution >= 4 is 34.9 Å². The van der Waals surface area contributed by atoms with Crippen LogP contribution in [0, 0.1) is 11.3 Å². The van der Waals surface area contributed by atoms with Crippen molar-refractivity contribution in [3.05, 3.63) is 78.4 Å². The molecule has 0 bridgehead atoms. The van der Waals surface area contributed by atoms with Crippen LogP contribution in [0.25, 0.3) is 0 Å². The van der Waals surface area contributed by atoms with Crippen molar-refractivity contribution in [2.24, 2.45) is 0 Å². The maximum Gasteiger partial charge on any atom is 0.228 e. The van der Waals surface area contributed by atoms with E-state index < -0.39 is 0 Å². The third-order valence-corrected chi connectivity index (χ3v) is 6.51. The van der Waals surface area contributed by atoms with Crippen LogP contribution < -0.4 is 16.0 Å². The lowest BCUT2D eigenvalue weighted by atomic mass is 10.2. The molecule has 1 fully saturated rings. The van der Waals surface area contributed by atoms with Gasteiger partial charge in [-0.15, -0.1) is 0 Å². The number of morpholine rings is 1. The predicted molar refractivity (Wildman–Crippen MR) is 136 cm³/mol. The molecule has 1 aliphatic rings. The quantitative estimate of drug-likeness (QED) is 0.376. The summed E-state index contributed by atoms with van der Waals surface area (Å²) in [6.45, 7) is 3.88. The molecule has 0 spiro atoms. The van der Waals surface area contributed by atoms with Gasteiger partial charge in [0, 0.05) is 35.6 Å². The molecule has 2 aromatic heterocycles. The van der Waals surface area contributed by atoms with E-state index in [4.69, 9.17) is 15.7 Å². The van der Waals surface area contributed by atoms with E-state index in [1.54, 1.807) is 28.9 Å². The Hall–Kier alpha value is -4.07. The number of anilines is 4. The van der Waals surface area contributed by atoms with Crippen LogP contribution in [0.3, 0.4) is 0 Å². The molecular weight excluding hydrogens is 460 g/mol. The first-order valence-corrected chi connectivity index (χ1v) is 12.0. The van der Waals surface area contributed by atoms with Crippen molar-refractivity contribution in [2.75, 3.05) is 42.3 Å². The highest BCUT2D eigenvalue weighted by Crippen LogP contribution is 2.28. The zero-order valence-electron chi connectivity index (χ0n) is 19.0. The van der Waals surface area contributed by atoms with Gasteiger partial charge in [0.2, 0.25) is 5.95 Å². The molecular formula is C25H24N8OS. The molecule has 1 aliphatic heterocycles. The number of rotatable bonds is 7. The number of imidazole rings is 1. The average Bonchev–Trinajstić information content (AvgIpc) is 3.24. The van der Waals surface area contributed by atoms with E-state index in [2.05, 4.69) is 43.4 Å². The molecule has 2 aromatic carbocycles. The molecule has 35 heavy (non-hydrogen) atoms. The largest absolute Gasteiger partial charge is 0.383 e. The van der Waals surface area contributed by atoms with Crippen LogP contribution in [0.5, 0.6) is 0 Å². The van der Waals surface area contributed by atoms with Crippen molar-refractivity contribution in [2.45, 2.75) is 16.5 Å². The Balaban J connectivity index is 1.24. The van der Waals surface area contributed by atoms with Gasteiger partial charge < -0.3 is 25.3 Å². The summed E-state index contributed by atoms with van der Waals surface area (Å²) in [6.07, 6.45) is 3.34. The molecule has 0 saturated carbocycles. The summed E-state index contributed by atoms with van der Waals surface area (Å²) in [7, 11) is 0. The summed E-state index contributed by atoms with van der Waals surface area (Å²) in [5.41, 5.74) is 9.40. The number of hydrogen-bond donors (Lipinski definition) is 2. The van der Waals surface area contributed by atoms with E-state index in [-0.39, 0.29) is 5.69 Å². The fourth-order valence-electron chi connectivity index (χ4n) is 3.79. The summed E-state index contributed by atoms with van der Waals surface area (Å²) in [4.78, 5) is 16.4. The Bertz CT molecular complexity index is 1340. The number of nitrogens with one attached hydrogen (secondary N) is 1. The standard InChI is InChI=1S/C25H24N8OS/c26-15-22-24(27)33(17-29-22)16-18-2-1-3-21(14-18)35-23-8-9-28-25(31-23)30-19-4-6-20(7-5-19)32-10-12-34-13-11-32/h1-9,14,17H,10-13,16,27H2,(H,28,30,31). The zero-order chi connectivity index (χ0) is 24.0. The smallest absolute Gasteiger partial charge is 0.228 e. The first kappa shape index (κ1) is 22.7. The number of nitrogen functional groups attached to an aromatic ring is 1. The van der Waals surface area contributed by atoms with Crippen molar-refractivity contribution in [3.63, 3.8) is 0 Å². The van der Waals surface area contributed by atoms with E-state index >= 15 is 0 Å². The lowest BCUT2D eigenvalue weighted by molar-refractivity contribution is 0.122. The molecule has 4 aromatic rings. The van der Waals surface area contributed by atoms with Gasteiger partial charge in [-0.2, -0.15) is 5.26 Å². The minimum atomic E-state index is 0.243. The molecule has 9 nitrogen and oxygen atoms in total. The second kappa shape index (κ2) is 10.5. The number of nitrogens with two attached hydrogens (primary N) is 1. The van der Waals surface area contributed by atoms with E-state index in [1.165, 1.54) is 5.69 Å². The summed E-state index contributed by atoms with van der Waals surface area (Å²) in [5, 5.41) is 13.2. The van der Waals surface area contributed by atoms with Gasteiger partial charge >= 0.3 is 0 Å². The maximum atomic E-state index is 9.06. The normalized spacial score (nSPS) is 13.4. The van der Waals surface area contributed by atoms with Gasteiger partial charge in [-0.25, -0.2) is 15.0 Å². The Morgan fingerprint density at radius 2 is 1.91 bits per heavy atom. The van der Waals surface area contributed by atoms with Crippen LogP contribution in [-0.2, 0) is 11.3 Å². The van der Waals surface area contributed by atoms with Crippen molar-refractivity contribution in [3.8, 4) is 6.07 Å². The number of nitrogens with zero attached hydrogens (tertiary/aromatic N) is 6. The molecule has 5 rings (SSSR count). The third kappa shape index (κ3) is 5.54. The number of aromatic nitrogens is 4. The molecule has 3 heterocycles. The van der Waals surface area contributed by atoms with E-state index in [0.29, 0.717) is 18.3 Å². The topological polar surface area (TPSA) is 118 Å². The van der Waals surface area contributed by atoms with Crippen LogP contribution in [0.1, 0.15) is 11.3 Å². The Morgan fingerprint density at radius 1 is 1.09 bits per heavy atom. The van der Waals surface area contributed by atoms with Gasteiger partial charge in [0.25, 0.3) is 0 Å². The first-order chi connectivity index (χ1) is 17.2. The second-order valence-electron chi connectivity index (χ2n) is 7.96. The SMILES string of the molecule is N#Cc1ncn(Cc2cccc(Sc3ccnc(Nc4ccc(N5CCOCC5)cc4)n3)c2)c1N. The highest BCUT2D eigenvalue weighted by Gasteiger charge is 2.11. The number of nitriles is 1. The molecule has 0 atom stereocenters. The Morgan fingerprint density at radius 3 is 2.69 bits per heavy atom. The van der Waals surface area contributed by atoms with Crippen molar-refractivity contribution in [1.82, 2.24) is 19.5 Å². The molecule has 1 saturated heterocycles. The lowest BCUT2D eigenvalue weighted by Gasteiger charge is -2.28. The average molecular weight is 485 g/mol. The molecule has 10 heteroatoms. The van der Waals surface area contributed by atoms with Crippen molar-refractivity contribution in [1.29, 1.82) is 5.26 Å². The van der Waals surface area contributed by atoms with Crippen LogP contribution in [-0.4, -0.2) is 45.8 Å². The van der Waals surface area contributed by atoms with Gasteiger partial charge in [-0.05, 0) is 48.0 Å². The number of benzene rings is 2. The summed E-state index contributed by atoms with van der Waals surface area (Å²) in [5.74, 6) is 0.913. The van der Waals surface area contributed by atoms with Crippen molar-refractivity contribution < 1.29 is 4.74 Å². The fraction of sp³-hybridized carbons (Fsp3) is 0.200. The van der Waals surface area contributed by atoms with Crippen LogP contribution >= 0.6 is 11.8 Å². The molecule has 0 radical (unpaired) electrons. The minimum absolute atomic E-state index is 0.243. The van der Waals surface area contributed by atoms with E-state index in [1.807, 2.05) is 42.5 Å². The van der Waals surface area contributed by atoms with Gasteiger partial charge in [-0.3, -0.25) is 0 Å². The molecule has 0 aliphatic carbocycles.